The van der Waals surface area contributed by atoms with Gasteiger partial charge in [0.15, 0.2) is 6.10 Å². The summed E-state index contributed by atoms with van der Waals surface area (Å²) in [6.07, 6.45) is -0.245. The Morgan fingerprint density at radius 1 is 1.60 bits per heavy atom. The SMILES string of the molecule is CC1CNCC(C#N)OC1. The Bertz CT molecular complexity index is 141. The van der Waals surface area contributed by atoms with E-state index in [9.17, 15) is 0 Å². The summed E-state index contributed by atoms with van der Waals surface area (Å²) < 4.78 is 5.24. The molecule has 1 fully saturated rings. The third-order valence-electron chi connectivity index (χ3n) is 1.55. The highest BCUT2D eigenvalue weighted by atomic mass is 16.5. The van der Waals surface area contributed by atoms with Gasteiger partial charge >= 0.3 is 0 Å². The van der Waals surface area contributed by atoms with Crippen LogP contribution in [0.1, 0.15) is 6.92 Å². The van der Waals surface area contributed by atoms with E-state index in [0.717, 1.165) is 6.54 Å². The van der Waals surface area contributed by atoms with Crippen molar-refractivity contribution in [2.75, 3.05) is 19.7 Å². The predicted molar refractivity (Wildman–Crippen MR) is 37.4 cm³/mol. The van der Waals surface area contributed by atoms with Crippen LogP contribution in [0.4, 0.5) is 0 Å². The zero-order chi connectivity index (χ0) is 7.40. The number of ether oxygens (including phenoxy) is 1. The Labute approximate surface area is 61.0 Å². The van der Waals surface area contributed by atoms with Crippen molar-refractivity contribution in [3.05, 3.63) is 0 Å². The van der Waals surface area contributed by atoms with E-state index in [2.05, 4.69) is 18.3 Å². The zero-order valence-corrected chi connectivity index (χ0v) is 6.13. The predicted octanol–water partition coefficient (Wildman–Crippen LogP) is 0.134. The fourth-order valence-corrected chi connectivity index (χ4v) is 0.942. The maximum absolute atomic E-state index is 8.49. The third-order valence-corrected chi connectivity index (χ3v) is 1.55. The first kappa shape index (κ1) is 7.52. The molecule has 0 aromatic carbocycles. The maximum atomic E-state index is 8.49. The van der Waals surface area contributed by atoms with Crippen LogP contribution in [0.25, 0.3) is 0 Å². The topological polar surface area (TPSA) is 45.0 Å². The van der Waals surface area contributed by atoms with Crippen molar-refractivity contribution < 1.29 is 4.74 Å². The second-order valence-electron chi connectivity index (χ2n) is 2.71. The highest BCUT2D eigenvalue weighted by molar-refractivity contribution is 4.87. The summed E-state index contributed by atoms with van der Waals surface area (Å²) in [6.45, 7) is 4.43. The molecule has 1 rings (SSSR count). The fourth-order valence-electron chi connectivity index (χ4n) is 0.942. The van der Waals surface area contributed by atoms with Gasteiger partial charge in [-0.25, -0.2) is 0 Å². The quantitative estimate of drug-likeness (QED) is 0.520. The van der Waals surface area contributed by atoms with Gasteiger partial charge in [-0.3, -0.25) is 0 Å². The monoisotopic (exact) mass is 140 g/mol. The summed E-state index contributed by atoms with van der Waals surface area (Å²) in [5.41, 5.74) is 0. The van der Waals surface area contributed by atoms with Crippen LogP contribution in [0, 0.1) is 17.2 Å². The second-order valence-corrected chi connectivity index (χ2v) is 2.71. The Kier molecular flexibility index (Phi) is 2.67. The molecule has 1 aliphatic heterocycles. The van der Waals surface area contributed by atoms with Crippen LogP contribution in [0.15, 0.2) is 0 Å². The first-order valence-corrected chi connectivity index (χ1v) is 3.55. The lowest BCUT2D eigenvalue weighted by Crippen LogP contribution is -2.25. The molecule has 0 aromatic rings. The number of hydrogen-bond donors (Lipinski definition) is 1. The van der Waals surface area contributed by atoms with E-state index >= 15 is 0 Å². The molecule has 1 N–H and O–H groups in total. The smallest absolute Gasteiger partial charge is 0.156 e. The van der Waals surface area contributed by atoms with Crippen molar-refractivity contribution in [2.24, 2.45) is 5.92 Å². The van der Waals surface area contributed by atoms with E-state index in [0.29, 0.717) is 19.1 Å². The molecule has 1 aliphatic rings. The van der Waals surface area contributed by atoms with Gasteiger partial charge in [-0.05, 0) is 5.92 Å². The van der Waals surface area contributed by atoms with E-state index in [1.807, 2.05) is 0 Å². The van der Waals surface area contributed by atoms with Gasteiger partial charge in [-0.2, -0.15) is 5.26 Å². The van der Waals surface area contributed by atoms with Crippen LogP contribution in [0.5, 0.6) is 0 Å². The van der Waals surface area contributed by atoms with Crippen molar-refractivity contribution in [3.8, 4) is 6.07 Å². The molecule has 0 bridgehead atoms. The first-order valence-electron chi connectivity index (χ1n) is 3.55. The lowest BCUT2D eigenvalue weighted by molar-refractivity contribution is 0.0862. The van der Waals surface area contributed by atoms with Crippen molar-refractivity contribution >= 4 is 0 Å². The number of nitrogens with one attached hydrogen (secondary N) is 1. The first-order chi connectivity index (χ1) is 4.83. The molecule has 56 valence electrons. The lowest BCUT2D eigenvalue weighted by Gasteiger charge is -2.05. The number of nitriles is 1. The number of rotatable bonds is 0. The highest BCUT2D eigenvalue weighted by Crippen LogP contribution is 2.01. The fraction of sp³-hybridized carbons (Fsp3) is 0.857. The van der Waals surface area contributed by atoms with Crippen molar-refractivity contribution in [1.82, 2.24) is 5.32 Å². The summed E-state index contributed by atoms with van der Waals surface area (Å²) >= 11 is 0. The van der Waals surface area contributed by atoms with Gasteiger partial charge in [-0.15, -0.1) is 0 Å². The van der Waals surface area contributed by atoms with Crippen LogP contribution in [0.2, 0.25) is 0 Å². The van der Waals surface area contributed by atoms with Gasteiger partial charge < -0.3 is 10.1 Å². The molecular weight excluding hydrogens is 128 g/mol. The van der Waals surface area contributed by atoms with Gasteiger partial charge in [0.25, 0.3) is 0 Å². The van der Waals surface area contributed by atoms with Crippen molar-refractivity contribution in [1.29, 1.82) is 5.26 Å². The van der Waals surface area contributed by atoms with Gasteiger partial charge in [0, 0.05) is 13.1 Å². The van der Waals surface area contributed by atoms with E-state index in [1.54, 1.807) is 0 Å². The Morgan fingerprint density at radius 3 is 3.10 bits per heavy atom. The average Bonchev–Trinajstić information content (AvgIpc) is 2.14. The van der Waals surface area contributed by atoms with Crippen LogP contribution in [-0.2, 0) is 4.74 Å². The molecule has 0 spiro atoms. The zero-order valence-electron chi connectivity index (χ0n) is 6.13. The van der Waals surface area contributed by atoms with Crippen molar-refractivity contribution in [3.63, 3.8) is 0 Å². The van der Waals surface area contributed by atoms with E-state index in [1.165, 1.54) is 0 Å². The van der Waals surface area contributed by atoms with Crippen LogP contribution < -0.4 is 5.32 Å². The van der Waals surface area contributed by atoms with Crippen LogP contribution >= 0.6 is 0 Å². The summed E-state index contributed by atoms with van der Waals surface area (Å²) in [7, 11) is 0. The Balaban J connectivity index is 2.35. The molecular formula is C7H12N2O. The summed E-state index contributed by atoms with van der Waals surface area (Å²) in [5, 5.41) is 11.6. The minimum absolute atomic E-state index is 0.245. The molecule has 3 nitrogen and oxygen atoms in total. The molecule has 0 amide bonds. The molecule has 0 aliphatic carbocycles. The molecule has 1 saturated heterocycles. The molecule has 0 radical (unpaired) electrons. The number of hydrogen-bond acceptors (Lipinski definition) is 3. The second kappa shape index (κ2) is 3.55. The normalized spacial score (nSPS) is 34.4. The van der Waals surface area contributed by atoms with Gasteiger partial charge in [-0.1, -0.05) is 6.92 Å². The molecule has 3 heteroatoms. The Morgan fingerprint density at radius 2 is 2.40 bits per heavy atom. The lowest BCUT2D eigenvalue weighted by atomic mass is 10.2. The maximum Gasteiger partial charge on any atom is 0.156 e. The van der Waals surface area contributed by atoms with Crippen molar-refractivity contribution in [2.45, 2.75) is 13.0 Å². The van der Waals surface area contributed by atoms with E-state index < -0.39 is 0 Å². The Hall–Kier alpha value is -0.590. The summed E-state index contributed by atoms with van der Waals surface area (Å²) in [4.78, 5) is 0. The van der Waals surface area contributed by atoms with Crippen LogP contribution in [-0.4, -0.2) is 25.8 Å². The number of nitrogens with zero attached hydrogens (tertiary/aromatic N) is 1. The molecule has 10 heavy (non-hydrogen) atoms. The molecule has 2 atom stereocenters. The third kappa shape index (κ3) is 1.98. The minimum Gasteiger partial charge on any atom is -0.362 e. The average molecular weight is 140 g/mol. The van der Waals surface area contributed by atoms with Gasteiger partial charge in [0.2, 0.25) is 0 Å². The van der Waals surface area contributed by atoms with Crippen LogP contribution in [0.3, 0.4) is 0 Å². The molecule has 1 heterocycles. The molecule has 0 aromatic heterocycles. The standard InChI is InChI=1S/C7H12N2O/c1-6-3-9-4-7(2-8)10-5-6/h6-7,9H,3-5H2,1H3. The molecule has 2 unspecified atom stereocenters. The van der Waals surface area contributed by atoms with Gasteiger partial charge in [0.05, 0.1) is 12.7 Å². The van der Waals surface area contributed by atoms with Gasteiger partial charge in [0.1, 0.15) is 0 Å². The summed E-state index contributed by atoms with van der Waals surface area (Å²) in [6, 6.07) is 2.08. The molecule has 0 saturated carbocycles. The highest BCUT2D eigenvalue weighted by Gasteiger charge is 2.14. The largest absolute Gasteiger partial charge is 0.362 e. The minimum atomic E-state index is -0.245. The van der Waals surface area contributed by atoms with E-state index in [-0.39, 0.29) is 6.10 Å². The summed E-state index contributed by atoms with van der Waals surface area (Å²) in [5.74, 6) is 0.526. The van der Waals surface area contributed by atoms with E-state index in [4.69, 9.17) is 10.00 Å².